The van der Waals surface area contributed by atoms with E-state index in [0.717, 1.165) is 10.9 Å². The number of nitriles is 1. The molecular weight excluding hydrogens is 312 g/mol. The fourth-order valence-corrected chi connectivity index (χ4v) is 1.55. The van der Waals surface area contributed by atoms with Crippen LogP contribution in [0.5, 0.6) is 0 Å². The molecule has 0 fully saturated rings. The van der Waals surface area contributed by atoms with Crippen molar-refractivity contribution >= 4 is 17.2 Å². The maximum absolute atomic E-state index is 9.08. The molecule has 1 aromatic heterocycles. The summed E-state index contributed by atoms with van der Waals surface area (Å²) in [7, 11) is -1.16. The highest BCUT2D eigenvalue weighted by Gasteiger charge is 2.14. The number of aromatic nitrogens is 1. The van der Waals surface area contributed by atoms with E-state index in [1.807, 2.05) is 49.3 Å². The Hall–Kier alpha value is -2.28. The summed E-state index contributed by atoms with van der Waals surface area (Å²) in [5.74, 6) is 0. The fourth-order valence-electron chi connectivity index (χ4n) is 1.55. The van der Waals surface area contributed by atoms with Crippen LogP contribution in [-0.2, 0) is 0 Å². The molecule has 0 bridgehead atoms. The van der Waals surface area contributed by atoms with Crippen LogP contribution in [0.3, 0.4) is 0 Å². The molecule has 0 N–H and O–H groups in total. The van der Waals surface area contributed by atoms with Gasteiger partial charge in [0.1, 0.15) is 0 Å². The summed E-state index contributed by atoms with van der Waals surface area (Å²) in [6.07, 6.45) is 1.67. The average Bonchev–Trinajstić information content (AvgIpc) is 2.42. The zero-order valence-electron chi connectivity index (χ0n) is 11.8. The summed E-state index contributed by atoms with van der Waals surface area (Å²) in [5.41, 5.74) is 1.44. The highest BCUT2D eigenvalue weighted by molar-refractivity contribution is 5.75. The van der Waals surface area contributed by atoms with E-state index >= 15 is 0 Å². The van der Waals surface area contributed by atoms with Gasteiger partial charge in [0.15, 0.2) is 12.4 Å². The first-order valence-electron chi connectivity index (χ1n) is 5.89. The van der Waals surface area contributed by atoms with E-state index in [9.17, 15) is 0 Å². The molecule has 0 spiro atoms. The van der Waals surface area contributed by atoms with Crippen LogP contribution >= 0.6 is 0 Å². The second kappa shape index (κ2) is 7.65. The molecule has 8 nitrogen and oxygen atoms in total. The number of rotatable bonds is 2. The molecule has 0 atom stereocenters. The standard InChI is InChI=1S/C13H13N4.ClHO4/c1-16(2)10-15-17-12(9-14)8-7-11-5-3-4-6-13(11)17;2-1(3,4)5/h3-8,10H,1-2H3;(H,2,3,4,5)/q+1;/p-1/b15-10+;. The van der Waals surface area contributed by atoms with Crippen molar-refractivity contribution < 1.29 is 33.6 Å². The highest BCUT2D eigenvalue weighted by Crippen LogP contribution is 2.09. The summed E-state index contributed by atoms with van der Waals surface area (Å²) in [6, 6.07) is 13.7. The molecule has 0 amide bonds. The third kappa shape index (κ3) is 6.01. The van der Waals surface area contributed by atoms with E-state index in [1.54, 1.807) is 17.1 Å². The Labute approximate surface area is 129 Å². The van der Waals surface area contributed by atoms with Crippen LogP contribution in [-0.4, -0.2) is 25.3 Å². The smallest absolute Gasteiger partial charge is 0.315 e. The van der Waals surface area contributed by atoms with E-state index in [2.05, 4.69) is 11.2 Å². The molecule has 0 aliphatic rings. The second-order valence-electron chi connectivity index (χ2n) is 4.27. The van der Waals surface area contributed by atoms with Crippen molar-refractivity contribution in [2.75, 3.05) is 14.1 Å². The van der Waals surface area contributed by atoms with Gasteiger partial charge in [-0.3, -0.25) is 0 Å². The Bertz CT molecular complexity index is 701. The van der Waals surface area contributed by atoms with Crippen LogP contribution in [0.1, 0.15) is 5.69 Å². The van der Waals surface area contributed by atoms with Crippen LogP contribution < -0.4 is 23.3 Å². The van der Waals surface area contributed by atoms with Gasteiger partial charge in [0.05, 0.1) is 0 Å². The maximum atomic E-state index is 9.08. The molecule has 0 saturated heterocycles. The molecule has 9 heteroatoms. The largest absolute Gasteiger partial charge is 0.364 e. The lowest BCUT2D eigenvalue weighted by atomic mass is 10.2. The molecule has 2 aromatic rings. The first-order chi connectivity index (χ1) is 10.2. The van der Waals surface area contributed by atoms with Gasteiger partial charge in [-0.15, -0.1) is 10.2 Å². The quantitative estimate of drug-likeness (QED) is 0.321. The molecule has 2 rings (SSSR count). The lowest BCUT2D eigenvalue weighted by Gasteiger charge is -2.17. The number of pyridine rings is 1. The van der Waals surface area contributed by atoms with Crippen molar-refractivity contribution in [1.82, 2.24) is 4.90 Å². The second-order valence-corrected chi connectivity index (χ2v) is 5.03. The van der Waals surface area contributed by atoms with Gasteiger partial charge in [0.25, 0.3) is 0 Å². The number of para-hydroxylation sites is 1. The zero-order chi connectivity index (χ0) is 16.8. The van der Waals surface area contributed by atoms with Crippen molar-refractivity contribution in [3.05, 3.63) is 42.1 Å². The van der Waals surface area contributed by atoms with Crippen molar-refractivity contribution in [2.24, 2.45) is 5.10 Å². The molecule has 0 saturated carbocycles. The summed E-state index contributed by atoms with van der Waals surface area (Å²) >= 11 is 0. The Morgan fingerprint density at radius 1 is 1.14 bits per heavy atom. The number of halogens is 1. The third-order valence-electron chi connectivity index (χ3n) is 2.33. The summed E-state index contributed by atoms with van der Waals surface area (Å²) in [4.78, 5) is 1.83. The first kappa shape index (κ1) is 17.8. The van der Waals surface area contributed by atoms with Crippen LogP contribution in [0.15, 0.2) is 41.5 Å². The maximum Gasteiger partial charge on any atom is 0.315 e. The minimum atomic E-state index is -4.94. The number of hydrogen-bond acceptors (Lipinski definition) is 6. The molecule has 1 aromatic carbocycles. The van der Waals surface area contributed by atoms with Gasteiger partial charge in [0.2, 0.25) is 5.52 Å². The molecule has 0 radical (unpaired) electrons. The van der Waals surface area contributed by atoms with Crippen molar-refractivity contribution in [3.63, 3.8) is 0 Å². The van der Waals surface area contributed by atoms with E-state index in [-0.39, 0.29) is 0 Å². The predicted octanol–water partition coefficient (Wildman–Crippen LogP) is -3.40. The number of nitrogens with zero attached hydrogens (tertiary/aromatic N) is 4. The monoisotopic (exact) mass is 324 g/mol. The van der Waals surface area contributed by atoms with E-state index in [1.165, 1.54) is 0 Å². The lowest BCUT2D eigenvalue weighted by molar-refractivity contribution is -2.00. The highest BCUT2D eigenvalue weighted by atomic mass is 35.7. The first-order valence-corrected chi connectivity index (χ1v) is 7.12. The zero-order valence-corrected chi connectivity index (χ0v) is 12.6. The minimum absolute atomic E-state index is 0.516. The van der Waals surface area contributed by atoms with Crippen LogP contribution in [0.4, 0.5) is 0 Å². The van der Waals surface area contributed by atoms with Gasteiger partial charge in [-0.1, -0.05) is 12.1 Å². The fraction of sp³-hybridized carbons (Fsp3) is 0.154. The van der Waals surface area contributed by atoms with Crippen molar-refractivity contribution in [2.45, 2.75) is 0 Å². The minimum Gasteiger partial charge on any atom is -0.364 e. The third-order valence-corrected chi connectivity index (χ3v) is 2.33. The van der Waals surface area contributed by atoms with Crippen LogP contribution in [0, 0.1) is 21.6 Å². The molecular formula is C13H13ClN4O4. The van der Waals surface area contributed by atoms with E-state index in [0.29, 0.717) is 5.69 Å². The normalized spacial score (nSPS) is 11.0. The van der Waals surface area contributed by atoms with Gasteiger partial charge >= 0.3 is 5.69 Å². The number of fused-ring (bicyclic) bond motifs is 1. The Balaban J connectivity index is 0.000000422. The van der Waals surface area contributed by atoms with Gasteiger partial charge in [-0.2, -0.15) is 5.26 Å². The van der Waals surface area contributed by atoms with Gasteiger partial charge < -0.3 is 4.90 Å². The number of benzene rings is 1. The predicted molar refractivity (Wildman–Crippen MR) is 66.4 cm³/mol. The molecule has 0 aliphatic carbocycles. The number of hydrogen-bond donors (Lipinski definition) is 0. The molecule has 1 heterocycles. The topological polar surface area (TPSA) is 136 Å². The van der Waals surface area contributed by atoms with Gasteiger partial charge in [-0.25, -0.2) is 18.6 Å². The van der Waals surface area contributed by atoms with Gasteiger partial charge in [0, 0.05) is 36.7 Å². The van der Waals surface area contributed by atoms with E-state index in [4.69, 9.17) is 23.9 Å². The van der Waals surface area contributed by atoms with Gasteiger partial charge in [-0.05, 0) is 16.8 Å². The summed E-state index contributed by atoms with van der Waals surface area (Å²) in [5, 5.41) is 14.4. The SMILES string of the molecule is CN(C)/C=N/[n+]1c(C#N)ccc2ccccc21.[O-][Cl+3]([O-])([O-])[O-]. The average molecular weight is 325 g/mol. The Morgan fingerprint density at radius 2 is 1.73 bits per heavy atom. The van der Waals surface area contributed by atoms with Crippen molar-refractivity contribution in [3.8, 4) is 6.07 Å². The summed E-state index contributed by atoms with van der Waals surface area (Å²) < 4.78 is 35.6. The molecule has 116 valence electrons. The summed E-state index contributed by atoms with van der Waals surface area (Å²) in [6.45, 7) is 0. The van der Waals surface area contributed by atoms with Crippen molar-refractivity contribution in [1.29, 1.82) is 5.26 Å². The Kier molecular flexibility index (Phi) is 6.18. The molecule has 0 aliphatic heterocycles. The van der Waals surface area contributed by atoms with Crippen LogP contribution in [0.25, 0.3) is 10.9 Å². The Morgan fingerprint density at radius 3 is 2.27 bits per heavy atom. The van der Waals surface area contributed by atoms with E-state index < -0.39 is 10.2 Å². The van der Waals surface area contributed by atoms with Crippen LogP contribution in [0.2, 0.25) is 0 Å². The lowest BCUT2D eigenvalue weighted by Crippen LogP contribution is -2.68. The molecule has 0 unspecified atom stereocenters. The molecule has 22 heavy (non-hydrogen) atoms.